The monoisotopic (exact) mass is 313 g/mol. The van der Waals surface area contributed by atoms with Crippen molar-refractivity contribution in [1.82, 2.24) is 15.2 Å². The van der Waals surface area contributed by atoms with Gasteiger partial charge in [0.15, 0.2) is 0 Å². The lowest BCUT2D eigenvalue weighted by Crippen LogP contribution is -2.37. The van der Waals surface area contributed by atoms with E-state index in [9.17, 15) is 9.59 Å². The van der Waals surface area contributed by atoms with Gasteiger partial charge in [0.1, 0.15) is 0 Å². The van der Waals surface area contributed by atoms with Gasteiger partial charge in [-0.2, -0.15) is 0 Å². The standard InChI is InChI=1S/C18H23N3O2/c22-17(19-10-8-14-6-7-14)12-16-5-1-2-11-21(16)13-15-4-3-9-20-18(15)23/h1-5,9,11,14,16H,6-8,10,12-13H2,(H,19,22)(H,20,23). The zero-order chi connectivity index (χ0) is 16.1. The van der Waals surface area contributed by atoms with Gasteiger partial charge in [0.05, 0.1) is 12.5 Å². The lowest BCUT2D eigenvalue weighted by Gasteiger charge is -2.29. The molecule has 1 atom stereocenters. The molecule has 1 fully saturated rings. The van der Waals surface area contributed by atoms with Crippen LogP contribution in [0.4, 0.5) is 0 Å². The fourth-order valence-corrected chi connectivity index (χ4v) is 2.79. The highest BCUT2D eigenvalue weighted by Crippen LogP contribution is 2.31. The van der Waals surface area contributed by atoms with Gasteiger partial charge in [-0.1, -0.05) is 31.1 Å². The molecule has 0 aromatic carbocycles. The number of aromatic amines is 1. The number of nitrogens with one attached hydrogen (secondary N) is 2. The Morgan fingerprint density at radius 3 is 3.00 bits per heavy atom. The Hall–Kier alpha value is -2.30. The third-order valence-corrected chi connectivity index (χ3v) is 4.37. The topological polar surface area (TPSA) is 65.2 Å². The van der Waals surface area contributed by atoms with Crippen molar-refractivity contribution < 1.29 is 4.79 Å². The van der Waals surface area contributed by atoms with Gasteiger partial charge in [0.25, 0.3) is 5.56 Å². The number of rotatable bonds is 7. The van der Waals surface area contributed by atoms with Gasteiger partial charge in [0, 0.05) is 24.8 Å². The zero-order valence-electron chi connectivity index (χ0n) is 13.2. The van der Waals surface area contributed by atoms with Crippen LogP contribution < -0.4 is 10.9 Å². The number of hydrogen-bond acceptors (Lipinski definition) is 3. The summed E-state index contributed by atoms with van der Waals surface area (Å²) in [6.45, 7) is 1.27. The molecule has 1 saturated carbocycles. The first-order valence-corrected chi connectivity index (χ1v) is 8.26. The Morgan fingerprint density at radius 2 is 2.22 bits per heavy atom. The van der Waals surface area contributed by atoms with Crippen LogP contribution >= 0.6 is 0 Å². The number of pyridine rings is 1. The van der Waals surface area contributed by atoms with Crippen molar-refractivity contribution >= 4 is 5.91 Å². The summed E-state index contributed by atoms with van der Waals surface area (Å²) in [4.78, 5) is 28.7. The van der Waals surface area contributed by atoms with Crippen LogP contribution in [0.5, 0.6) is 0 Å². The molecule has 1 aromatic rings. The summed E-state index contributed by atoms with van der Waals surface area (Å²) >= 11 is 0. The van der Waals surface area contributed by atoms with E-state index in [1.165, 1.54) is 12.8 Å². The number of allylic oxidation sites excluding steroid dienone is 2. The quantitative estimate of drug-likeness (QED) is 0.808. The van der Waals surface area contributed by atoms with Crippen molar-refractivity contribution in [2.24, 2.45) is 5.92 Å². The Balaban J connectivity index is 1.54. The lowest BCUT2D eigenvalue weighted by molar-refractivity contribution is -0.121. The summed E-state index contributed by atoms with van der Waals surface area (Å²) in [7, 11) is 0. The predicted molar refractivity (Wildman–Crippen MR) is 89.6 cm³/mol. The molecule has 2 N–H and O–H groups in total. The van der Waals surface area contributed by atoms with Crippen LogP contribution in [-0.4, -0.2) is 28.4 Å². The molecule has 0 radical (unpaired) electrons. The number of hydrogen-bond donors (Lipinski definition) is 2. The number of carbonyl (C=O) groups is 1. The molecule has 122 valence electrons. The molecule has 2 aliphatic rings. The summed E-state index contributed by atoms with van der Waals surface area (Å²) in [6.07, 6.45) is 13.6. The van der Waals surface area contributed by atoms with Crippen LogP contribution in [0, 0.1) is 5.92 Å². The molecule has 5 heteroatoms. The molecule has 23 heavy (non-hydrogen) atoms. The van der Waals surface area contributed by atoms with Crippen LogP contribution in [0.25, 0.3) is 0 Å². The third-order valence-electron chi connectivity index (χ3n) is 4.37. The molecule has 0 spiro atoms. The van der Waals surface area contributed by atoms with E-state index in [-0.39, 0.29) is 17.5 Å². The first-order valence-electron chi connectivity index (χ1n) is 8.26. The van der Waals surface area contributed by atoms with Crippen molar-refractivity contribution in [3.63, 3.8) is 0 Å². The van der Waals surface area contributed by atoms with Gasteiger partial charge in [-0.25, -0.2) is 0 Å². The van der Waals surface area contributed by atoms with Crippen LogP contribution in [0.3, 0.4) is 0 Å². The highest BCUT2D eigenvalue weighted by molar-refractivity contribution is 5.76. The maximum atomic E-state index is 12.1. The maximum absolute atomic E-state index is 12.1. The largest absolute Gasteiger partial charge is 0.366 e. The van der Waals surface area contributed by atoms with E-state index in [0.29, 0.717) is 18.5 Å². The number of nitrogens with zero attached hydrogens (tertiary/aromatic N) is 1. The van der Waals surface area contributed by atoms with E-state index in [4.69, 9.17) is 0 Å². The fraction of sp³-hybridized carbons (Fsp3) is 0.444. The van der Waals surface area contributed by atoms with Crippen molar-refractivity contribution in [3.8, 4) is 0 Å². The average Bonchev–Trinajstić information content (AvgIpc) is 3.36. The van der Waals surface area contributed by atoms with Crippen molar-refractivity contribution in [2.75, 3.05) is 6.54 Å². The molecular formula is C18H23N3O2. The van der Waals surface area contributed by atoms with E-state index in [0.717, 1.165) is 18.9 Å². The Morgan fingerprint density at radius 1 is 1.35 bits per heavy atom. The SMILES string of the molecule is O=C(CC1C=CC=CN1Cc1ccc[nH]c1=O)NCCC1CC1. The highest BCUT2D eigenvalue weighted by atomic mass is 16.1. The van der Waals surface area contributed by atoms with E-state index in [2.05, 4.69) is 10.3 Å². The van der Waals surface area contributed by atoms with Crippen LogP contribution in [0.15, 0.2) is 47.6 Å². The fourth-order valence-electron chi connectivity index (χ4n) is 2.79. The van der Waals surface area contributed by atoms with Gasteiger partial charge in [-0.3, -0.25) is 9.59 Å². The minimum absolute atomic E-state index is 0.0134. The first-order chi connectivity index (χ1) is 11.2. The van der Waals surface area contributed by atoms with Crippen LogP contribution in [0.2, 0.25) is 0 Å². The number of H-pyrrole nitrogens is 1. The van der Waals surface area contributed by atoms with Gasteiger partial charge in [-0.05, 0) is 30.7 Å². The van der Waals surface area contributed by atoms with Gasteiger partial charge < -0.3 is 15.2 Å². The summed E-state index contributed by atoms with van der Waals surface area (Å²) in [5.41, 5.74) is 0.620. The number of carbonyl (C=O) groups excluding carboxylic acids is 1. The Bertz CT molecular complexity index is 658. The molecule has 1 unspecified atom stereocenters. The second-order valence-electron chi connectivity index (χ2n) is 6.28. The summed E-state index contributed by atoms with van der Waals surface area (Å²) in [6, 6.07) is 3.62. The first kappa shape index (κ1) is 15.6. The number of aromatic nitrogens is 1. The number of amides is 1. The molecule has 1 aromatic heterocycles. The van der Waals surface area contributed by atoms with E-state index in [1.54, 1.807) is 6.20 Å². The third kappa shape index (κ3) is 4.58. The van der Waals surface area contributed by atoms with Crippen LogP contribution in [-0.2, 0) is 11.3 Å². The van der Waals surface area contributed by atoms with E-state index in [1.807, 2.05) is 41.5 Å². The average molecular weight is 313 g/mol. The summed E-state index contributed by atoms with van der Waals surface area (Å²) < 4.78 is 0. The second kappa shape index (κ2) is 7.31. The molecule has 1 aliphatic carbocycles. The zero-order valence-corrected chi connectivity index (χ0v) is 13.2. The van der Waals surface area contributed by atoms with Crippen LogP contribution in [0.1, 0.15) is 31.2 Å². The summed E-state index contributed by atoms with van der Waals surface area (Å²) in [5.74, 6) is 0.900. The van der Waals surface area contributed by atoms with Gasteiger partial charge in [0.2, 0.25) is 5.91 Å². The Kier molecular flexibility index (Phi) is 4.95. The molecule has 3 rings (SSSR count). The smallest absolute Gasteiger partial charge is 0.252 e. The van der Waals surface area contributed by atoms with E-state index < -0.39 is 0 Å². The molecule has 1 amide bonds. The minimum atomic E-state index is -0.0805. The molecule has 5 nitrogen and oxygen atoms in total. The van der Waals surface area contributed by atoms with E-state index >= 15 is 0 Å². The predicted octanol–water partition coefficient (Wildman–Crippen LogP) is 1.94. The van der Waals surface area contributed by atoms with Gasteiger partial charge in [-0.15, -0.1) is 0 Å². The molecule has 2 heterocycles. The lowest BCUT2D eigenvalue weighted by atomic mass is 10.1. The van der Waals surface area contributed by atoms with Crippen molar-refractivity contribution in [3.05, 3.63) is 58.7 Å². The van der Waals surface area contributed by atoms with Gasteiger partial charge >= 0.3 is 0 Å². The minimum Gasteiger partial charge on any atom is -0.366 e. The maximum Gasteiger partial charge on any atom is 0.252 e. The Labute approximate surface area is 136 Å². The highest BCUT2D eigenvalue weighted by Gasteiger charge is 2.22. The normalized spacial score (nSPS) is 19.8. The molecular weight excluding hydrogens is 290 g/mol. The molecule has 0 saturated heterocycles. The van der Waals surface area contributed by atoms with Crippen molar-refractivity contribution in [1.29, 1.82) is 0 Å². The second-order valence-corrected chi connectivity index (χ2v) is 6.28. The molecule has 0 bridgehead atoms. The van der Waals surface area contributed by atoms with Crippen molar-refractivity contribution in [2.45, 2.75) is 38.3 Å². The molecule has 1 aliphatic heterocycles. The summed E-state index contributed by atoms with van der Waals surface area (Å²) in [5, 5.41) is 3.01.